The van der Waals surface area contributed by atoms with Gasteiger partial charge in [0.05, 0.1) is 5.69 Å². The second-order valence-electron chi connectivity index (χ2n) is 9.33. The monoisotopic (exact) mass is 521 g/mol. The number of benzene rings is 1. The average Bonchev–Trinajstić information content (AvgIpc) is 3.19. The van der Waals surface area contributed by atoms with Gasteiger partial charge in [-0.3, -0.25) is 0 Å². The number of allylic oxidation sites excluding steroid dienone is 6. The van der Waals surface area contributed by atoms with Gasteiger partial charge in [0.25, 0.3) is 0 Å². The zero-order chi connectivity index (χ0) is 21.4. The fourth-order valence-electron chi connectivity index (χ4n) is 5.97. The van der Waals surface area contributed by atoms with Gasteiger partial charge in [0.15, 0.2) is 0 Å². The number of fused-ring (bicyclic) bond motifs is 3. The Morgan fingerprint density at radius 3 is 2.47 bits per heavy atom. The number of halogens is 2. The number of pyridine rings is 1. The summed E-state index contributed by atoms with van der Waals surface area (Å²) in [6.45, 7) is 11.7. The molecule has 2 atom stereocenters. The molecule has 0 aliphatic heterocycles. The van der Waals surface area contributed by atoms with E-state index in [-0.39, 0.29) is 5.41 Å². The molecule has 1 heterocycles. The normalized spacial score (nSPS) is 22.3. The Morgan fingerprint density at radius 1 is 0.933 bits per heavy atom. The van der Waals surface area contributed by atoms with Gasteiger partial charge in [-0.25, -0.2) is 4.98 Å². The third kappa shape index (κ3) is 2.81. The van der Waals surface area contributed by atoms with Gasteiger partial charge in [0, 0.05) is 21.7 Å². The van der Waals surface area contributed by atoms with E-state index in [4.69, 9.17) is 4.98 Å². The maximum atomic E-state index is 4.80. The molecule has 0 N–H and O–H groups in total. The number of aromatic nitrogens is 1. The van der Waals surface area contributed by atoms with Crippen molar-refractivity contribution in [2.24, 2.45) is 5.41 Å². The van der Waals surface area contributed by atoms with Crippen LogP contribution in [0.1, 0.15) is 68.8 Å². The van der Waals surface area contributed by atoms with E-state index in [0.29, 0.717) is 11.8 Å². The third-order valence-corrected chi connectivity index (χ3v) is 8.21. The number of hydrogen-bond acceptors (Lipinski definition) is 1. The lowest BCUT2D eigenvalue weighted by Gasteiger charge is -2.38. The molecule has 0 fully saturated rings. The van der Waals surface area contributed by atoms with Crippen LogP contribution in [0.25, 0.3) is 12.2 Å². The highest BCUT2D eigenvalue weighted by molar-refractivity contribution is 9.10. The first-order chi connectivity index (χ1) is 14.2. The molecule has 30 heavy (non-hydrogen) atoms. The van der Waals surface area contributed by atoms with Crippen LogP contribution in [0.2, 0.25) is 0 Å². The van der Waals surface area contributed by atoms with Crippen molar-refractivity contribution in [2.75, 3.05) is 0 Å². The Balaban J connectivity index is 1.66. The molecule has 0 spiro atoms. The summed E-state index contributed by atoms with van der Waals surface area (Å²) < 4.78 is 2.08. The molecule has 2 unspecified atom stereocenters. The highest BCUT2D eigenvalue weighted by atomic mass is 79.9. The Labute approximate surface area is 196 Å². The molecule has 0 amide bonds. The molecule has 1 nitrogen and oxygen atoms in total. The second-order valence-corrected chi connectivity index (χ2v) is 11.0. The van der Waals surface area contributed by atoms with Crippen molar-refractivity contribution in [1.82, 2.24) is 4.98 Å². The van der Waals surface area contributed by atoms with Gasteiger partial charge in [-0.2, -0.15) is 0 Å². The van der Waals surface area contributed by atoms with Crippen LogP contribution >= 0.6 is 31.9 Å². The summed E-state index contributed by atoms with van der Waals surface area (Å²) in [6, 6.07) is 10.9. The molecule has 3 aliphatic rings. The molecule has 0 saturated carbocycles. The van der Waals surface area contributed by atoms with Crippen LogP contribution in [-0.2, 0) is 0 Å². The summed E-state index contributed by atoms with van der Waals surface area (Å²) in [5.41, 5.74) is 12.2. The van der Waals surface area contributed by atoms with E-state index >= 15 is 0 Å². The lowest BCUT2D eigenvalue weighted by atomic mass is 9.65. The fraction of sp³-hybridized carbons (Fsp3) is 0.296. The lowest BCUT2D eigenvalue weighted by Crippen LogP contribution is -2.26. The fourth-order valence-corrected chi connectivity index (χ4v) is 6.79. The second kappa shape index (κ2) is 6.90. The predicted octanol–water partition coefficient (Wildman–Crippen LogP) is 8.59. The summed E-state index contributed by atoms with van der Waals surface area (Å²) >= 11 is 7.32. The molecule has 0 radical (unpaired) electrons. The minimum atomic E-state index is -0.0377. The summed E-state index contributed by atoms with van der Waals surface area (Å²) in [5.74, 6) is 0.710. The minimum absolute atomic E-state index is 0.0377. The number of rotatable bonds is 2. The largest absolute Gasteiger partial charge is 0.241 e. The van der Waals surface area contributed by atoms with Gasteiger partial charge in [0.1, 0.15) is 4.60 Å². The molecule has 3 heteroatoms. The van der Waals surface area contributed by atoms with E-state index < -0.39 is 0 Å². The highest BCUT2D eigenvalue weighted by Crippen LogP contribution is 2.58. The van der Waals surface area contributed by atoms with Gasteiger partial charge in [-0.1, -0.05) is 72.6 Å². The van der Waals surface area contributed by atoms with Gasteiger partial charge in [0.2, 0.25) is 0 Å². The Morgan fingerprint density at radius 2 is 1.70 bits per heavy atom. The summed E-state index contributed by atoms with van der Waals surface area (Å²) in [7, 11) is 0. The van der Waals surface area contributed by atoms with Gasteiger partial charge >= 0.3 is 0 Å². The van der Waals surface area contributed by atoms with Crippen molar-refractivity contribution in [3.8, 4) is 0 Å². The standard InChI is InChI=1S/C27H25Br2N/c1-14-11-19-16(3)17-9-10-24(29)30-23(17)13-21(19)26(14)27(4,5)25-15(2)12-20-18(25)7-6-8-22(20)28/h6-13,16,25H,1-5H3. The van der Waals surface area contributed by atoms with E-state index in [9.17, 15) is 0 Å². The van der Waals surface area contributed by atoms with Crippen LogP contribution in [0.15, 0.2) is 73.3 Å². The predicted molar refractivity (Wildman–Crippen MR) is 133 cm³/mol. The van der Waals surface area contributed by atoms with E-state index in [1.54, 1.807) is 0 Å². The van der Waals surface area contributed by atoms with Crippen LogP contribution in [0, 0.1) is 5.41 Å². The Hall–Kier alpha value is -1.71. The smallest absolute Gasteiger partial charge is 0.106 e. The van der Waals surface area contributed by atoms with Gasteiger partial charge in [-0.05, 0) is 87.0 Å². The van der Waals surface area contributed by atoms with Crippen molar-refractivity contribution >= 4 is 44.0 Å². The minimum Gasteiger partial charge on any atom is -0.241 e. The molecule has 5 rings (SSSR count). The van der Waals surface area contributed by atoms with Crippen molar-refractivity contribution < 1.29 is 0 Å². The molecule has 152 valence electrons. The molecule has 3 aliphatic carbocycles. The summed E-state index contributed by atoms with van der Waals surface area (Å²) in [4.78, 5) is 4.80. The lowest BCUT2D eigenvalue weighted by molar-refractivity contribution is 0.392. The first kappa shape index (κ1) is 20.2. The van der Waals surface area contributed by atoms with Crippen molar-refractivity contribution in [1.29, 1.82) is 0 Å². The van der Waals surface area contributed by atoms with Crippen molar-refractivity contribution in [3.63, 3.8) is 0 Å². The maximum Gasteiger partial charge on any atom is 0.106 e. The molecular formula is C27H25Br2N. The highest BCUT2D eigenvalue weighted by Gasteiger charge is 2.44. The average molecular weight is 523 g/mol. The van der Waals surface area contributed by atoms with Crippen LogP contribution < -0.4 is 0 Å². The molecule has 0 saturated heterocycles. The Kier molecular flexibility index (Phi) is 4.65. The third-order valence-electron chi connectivity index (χ3n) is 7.08. The van der Waals surface area contributed by atoms with Crippen LogP contribution in [0.3, 0.4) is 0 Å². The molecule has 1 aromatic carbocycles. The number of hydrogen-bond donors (Lipinski definition) is 0. The quantitative estimate of drug-likeness (QED) is 0.360. The zero-order valence-corrected chi connectivity index (χ0v) is 21.1. The van der Waals surface area contributed by atoms with Gasteiger partial charge in [-0.15, -0.1) is 0 Å². The summed E-state index contributed by atoms with van der Waals surface area (Å²) in [5, 5.41) is 0. The maximum absolute atomic E-state index is 4.80. The van der Waals surface area contributed by atoms with E-state index in [1.165, 1.54) is 49.0 Å². The first-order valence-electron chi connectivity index (χ1n) is 10.5. The van der Waals surface area contributed by atoms with E-state index in [0.717, 1.165) is 10.3 Å². The zero-order valence-electron chi connectivity index (χ0n) is 18.0. The van der Waals surface area contributed by atoms with Gasteiger partial charge < -0.3 is 0 Å². The van der Waals surface area contributed by atoms with Crippen LogP contribution in [0.4, 0.5) is 0 Å². The Bertz CT molecular complexity index is 1220. The SMILES string of the molecule is CC1=Cc2c(Br)cccc2C1C(C)(C)C1=C(C)C=C2C1=Cc1nc(Br)ccc1C2C. The van der Waals surface area contributed by atoms with Crippen molar-refractivity contribution in [2.45, 2.75) is 46.5 Å². The van der Waals surface area contributed by atoms with E-state index in [1.807, 2.05) is 0 Å². The topological polar surface area (TPSA) is 12.9 Å². The van der Waals surface area contributed by atoms with Crippen LogP contribution in [0.5, 0.6) is 0 Å². The molecule has 0 bridgehead atoms. The number of nitrogens with zero attached hydrogens (tertiary/aromatic N) is 1. The van der Waals surface area contributed by atoms with Crippen molar-refractivity contribution in [3.05, 3.63) is 95.7 Å². The first-order valence-corrected chi connectivity index (χ1v) is 12.1. The van der Waals surface area contributed by atoms with E-state index in [2.05, 4.69) is 115 Å². The molecule has 2 aromatic rings. The molecular weight excluding hydrogens is 498 g/mol. The van der Waals surface area contributed by atoms with Crippen LogP contribution in [-0.4, -0.2) is 4.98 Å². The molecule has 1 aromatic heterocycles. The summed E-state index contributed by atoms with van der Waals surface area (Å²) in [6.07, 6.45) is 7.08.